The fourth-order valence-corrected chi connectivity index (χ4v) is 4.55. The fourth-order valence-electron chi connectivity index (χ4n) is 3.76. The molecular weight excluding hydrogens is 496 g/mol. The summed E-state index contributed by atoms with van der Waals surface area (Å²) < 4.78 is 11.7. The number of ether oxygens (including phenoxy) is 2. The molecule has 1 aliphatic rings. The van der Waals surface area contributed by atoms with Gasteiger partial charge in [-0.1, -0.05) is 36.6 Å². The van der Waals surface area contributed by atoms with Gasteiger partial charge in [0.2, 0.25) is 5.91 Å². The Bertz CT molecular complexity index is 949. The first-order valence-corrected chi connectivity index (χ1v) is 11.8. The van der Waals surface area contributed by atoms with E-state index in [1.54, 1.807) is 37.1 Å². The highest BCUT2D eigenvalue weighted by atomic mass is 79.9. The van der Waals surface area contributed by atoms with Crippen molar-refractivity contribution in [2.45, 2.75) is 51.2 Å². The third-order valence-electron chi connectivity index (χ3n) is 5.60. The highest BCUT2D eigenvalue weighted by Crippen LogP contribution is 2.28. The molecule has 1 fully saturated rings. The van der Waals surface area contributed by atoms with Gasteiger partial charge < -0.3 is 19.7 Å². The molecule has 1 aliphatic carbocycles. The van der Waals surface area contributed by atoms with Crippen LogP contribution in [0.4, 0.5) is 0 Å². The number of carbonyl (C=O) groups is 2. The molecule has 6 nitrogen and oxygen atoms in total. The van der Waals surface area contributed by atoms with E-state index in [4.69, 9.17) is 21.1 Å². The number of hydrogen-bond acceptors (Lipinski definition) is 4. The van der Waals surface area contributed by atoms with Crippen molar-refractivity contribution in [3.8, 4) is 11.5 Å². The standard InChI is InChI=1S/C24H28BrClN2O4/c1-16(24(30)27-19-7-3-4-8-19)28(14-17-6-5-9-20(12-17)31-2)23(29)15-32-22-11-10-18(26)13-21(22)25/h5-6,9-13,16,19H,3-4,7-8,14-15H2,1-2H3,(H,27,30)/t16-/m0/s1. The Morgan fingerprint density at radius 1 is 1.22 bits per heavy atom. The fraction of sp³-hybridized carbons (Fsp3) is 0.417. The minimum Gasteiger partial charge on any atom is -0.497 e. The van der Waals surface area contributed by atoms with E-state index in [0.29, 0.717) is 21.0 Å². The summed E-state index contributed by atoms with van der Waals surface area (Å²) in [5.74, 6) is 0.760. The number of halogens is 2. The van der Waals surface area contributed by atoms with E-state index in [9.17, 15) is 9.59 Å². The molecule has 0 aliphatic heterocycles. The molecule has 172 valence electrons. The largest absolute Gasteiger partial charge is 0.497 e. The summed E-state index contributed by atoms with van der Waals surface area (Å²) in [6, 6.07) is 12.1. The first-order valence-electron chi connectivity index (χ1n) is 10.7. The number of methoxy groups -OCH3 is 1. The molecule has 0 spiro atoms. The number of nitrogens with one attached hydrogen (secondary N) is 1. The second-order valence-electron chi connectivity index (χ2n) is 7.90. The lowest BCUT2D eigenvalue weighted by atomic mass is 10.1. The van der Waals surface area contributed by atoms with Gasteiger partial charge in [-0.3, -0.25) is 9.59 Å². The van der Waals surface area contributed by atoms with Gasteiger partial charge in [-0.05, 0) is 71.6 Å². The van der Waals surface area contributed by atoms with E-state index >= 15 is 0 Å². The van der Waals surface area contributed by atoms with Gasteiger partial charge in [0, 0.05) is 17.6 Å². The van der Waals surface area contributed by atoms with Crippen molar-refractivity contribution in [2.24, 2.45) is 0 Å². The van der Waals surface area contributed by atoms with E-state index in [-0.39, 0.29) is 31.0 Å². The average Bonchev–Trinajstić information content (AvgIpc) is 3.29. The van der Waals surface area contributed by atoms with Crippen molar-refractivity contribution in [1.29, 1.82) is 0 Å². The summed E-state index contributed by atoms with van der Waals surface area (Å²) >= 11 is 9.37. The summed E-state index contributed by atoms with van der Waals surface area (Å²) in [4.78, 5) is 27.7. The van der Waals surface area contributed by atoms with E-state index in [0.717, 1.165) is 31.2 Å². The molecule has 2 aromatic carbocycles. The Labute approximate surface area is 202 Å². The molecule has 0 aromatic heterocycles. The van der Waals surface area contributed by atoms with Gasteiger partial charge in [-0.25, -0.2) is 0 Å². The second kappa shape index (κ2) is 11.6. The van der Waals surface area contributed by atoms with Gasteiger partial charge in [0.25, 0.3) is 5.91 Å². The molecule has 3 rings (SSSR count). The van der Waals surface area contributed by atoms with Gasteiger partial charge >= 0.3 is 0 Å². The number of benzene rings is 2. The molecule has 8 heteroatoms. The number of carbonyl (C=O) groups excluding carboxylic acids is 2. The SMILES string of the molecule is COc1cccc(CN(C(=O)COc2ccc(Cl)cc2Br)[C@@H](C)C(=O)NC2CCCC2)c1. The van der Waals surface area contributed by atoms with Gasteiger partial charge in [0.1, 0.15) is 17.5 Å². The highest BCUT2D eigenvalue weighted by Gasteiger charge is 2.29. The summed E-state index contributed by atoms with van der Waals surface area (Å²) in [6.07, 6.45) is 4.21. The molecule has 0 saturated heterocycles. The van der Waals surface area contributed by atoms with Crippen LogP contribution >= 0.6 is 27.5 Å². The van der Waals surface area contributed by atoms with Crippen molar-refractivity contribution >= 4 is 39.3 Å². The van der Waals surface area contributed by atoms with Gasteiger partial charge in [0.15, 0.2) is 6.61 Å². The maximum Gasteiger partial charge on any atom is 0.261 e. The smallest absolute Gasteiger partial charge is 0.261 e. The number of hydrogen-bond donors (Lipinski definition) is 1. The van der Waals surface area contributed by atoms with Gasteiger partial charge in [-0.15, -0.1) is 0 Å². The summed E-state index contributed by atoms with van der Waals surface area (Å²) in [7, 11) is 1.59. The van der Waals surface area contributed by atoms with E-state index < -0.39 is 6.04 Å². The molecule has 0 heterocycles. The zero-order chi connectivity index (χ0) is 23.1. The van der Waals surface area contributed by atoms with Crippen LogP contribution in [0.1, 0.15) is 38.2 Å². The van der Waals surface area contributed by atoms with Crippen LogP contribution in [-0.4, -0.2) is 42.5 Å². The van der Waals surface area contributed by atoms with Crippen molar-refractivity contribution in [3.63, 3.8) is 0 Å². The molecule has 0 unspecified atom stereocenters. The van der Waals surface area contributed by atoms with E-state index in [1.165, 1.54) is 0 Å². The Morgan fingerprint density at radius 2 is 1.97 bits per heavy atom. The van der Waals surface area contributed by atoms with Crippen LogP contribution in [0.5, 0.6) is 11.5 Å². The van der Waals surface area contributed by atoms with Crippen molar-refractivity contribution in [1.82, 2.24) is 10.2 Å². The topological polar surface area (TPSA) is 67.9 Å². The number of amides is 2. The van der Waals surface area contributed by atoms with Gasteiger partial charge in [-0.2, -0.15) is 0 Å². The second-order valence-corrected chi connectivity index (χ2v) is 9.19. The molecule has 2 aromatic rings. The average molecular weight is 524 g/mol. The van der Waals surface area contributed by atoms with Crippen molar-refractivity contribution in [2.75, 3.05) is 13.7 Å². The monoisotopic (exact) mass is 522 g/mol. The van der Waals surface area contributed by atoms with Crippen LogP contribution in [0.2, 0.25) is 5.02 Å². The number of nitrogens with zero attached hydrogens (tertiary/aromatic N) is 1. The quantitative estimate of drug-likeness (QED) is 0.504. The first kappa shape index (κ1) is 24.4. The molecule has 1 saturated carbocycles. The first-order chi connectivity index (χ1) is 15.4. The molecule has 0 bridgehead atoms. The van der Waals surface area contributed by atoms with Crippen LogP contribution in [0, 0.1) is 0 Å². The predicted octanol–water partition coefficient (Wildman–Crippen LogP) is 4.97. The molecule has 2 amide bonds. The molecular formula is C24H28BrClN2O4. The van der Waals surface area contributed by atoms with Crippen LogP contribution in [0.25, 0.3) is 0 Å². The van der Waals surface area contributed by atoms with Crippen LogP contribution < -0.4 is 14.8 Å². The zero-order valence-electron chi connectivity index (χ0n) is 18.3. The predicted molar refractivity (Wildman–Crippen MR) is 128 cm³/mol. The maximum absolute atomic E-state index is 13.2. The van der Waals surface area contributed by atoms with Crippen LogP contribution in [-0.2, 0) is 16.1 Å². The molecule has 1 N–H and O–H groups in total. The Balaban J connectivity index is 1.74. The third-order valence-corrected chi connectivity index (χ3v) is 6.46. The summed E-state index contributed by atoms with van der Waals surface area (Å²) in [5.41, 5.74) is 0.867. The van der Waals surface area contributed by atoms with Crippen molar-refractivity contribution < 1.29 is 19.1 Å². The molecule has 1 atom stereocenters. The lowest BCUT2D eigenvalue weighted by molar-refractivity contribution is -0.142. The highest BCUT2D eigenvalue weighted by molar-refractivity contribution is 9.10. The zero-order valence-corrected chi connectivity index (χ0v) is 20.6. The Hall–Kier alpha value is -2.25. The number of rotatable bonds is 9. The molecule has 0 radical (unpaired) electrons. The lowest BCUT2D eigenvalue weighted by Gasteiger charge is -2.29. The van der Waals surface area contributed by atoms with E-state index in [1.807, 2.05) is 24.3 Å². The third kappa shape index (κ3) is 6.62. The van der Waals surface area contributed by atoms with Crippen molar-refractivity contribution in [3.05, 3.63) is 57.5 Å². The minimum atomic E-state index is -0.647. The lowest BCUT2D eigenvalue weighted by Crippen LogP contribution is -2.50. The van der Waals surface area contributed by atoms with Crippen LogP contribution in [0.3, 0.4) is 0 Å². The normalized spacial score (nSPS) is 14.6. The molecule has 32 heavy (non-hydrogen) atoms. The summed E-state index contributed by atoms with van der Waals surface area (Å²) in [6.45, 7) is 1.81. The Morgan fingerprint density at radius 3 is 2.66 bits per heavy atom. The van der Waals surface area contributed by atoms with E-state index in [2.05, 4.69) is 21.2 Å². The Kier molecular flexibility index (Phi) is 8.82. The summed E-state index contributed by atoms with van der Waals surface area (Å²) in [5, 5.41) is 3.65. The maximum atomic E-state index is 13.2. The minimum absolute atomic E-state index is 0.152. The van der Waals surface area contributed by atoms with Crippen LogP contribution in [0.15, 0.2) is 46.9 Å². The van der Waals surface area contributed by atoms with Gasteiger partial charge in [0.05, 0.1) is 11.6 Å².